The number of rotatable bonds is 22. The van der Waals surface area contributed by atoms with E-state index in [2.05, 4.69) is 15.9 Å². The molecular weight excluding hydrogens is 1550 g/mol. The third-order valence-electron chi connectivity index (χ3n) is 24.3. The number of hydrogen-bond acceptors (Lipinski definition) is 34. The van der Waals surface area contributed by atoms with Gasteiger partial charge in [-0.25, -0.2) is 9.59 Å². The maximum Gasteiger partial charge on any atom is 0.344 e. The van der Waals surface area contributed by atoms with Gasteiger partial charge in [0.15, 0.2) is 73.1 Å². The summed E-state index contributed by atoms with van der Waals surface area (Å²) in [5, 5.41) is 81.0. The first-order valence-electron chi connectivity index (χ1n) is 40.2. The Labute approximate surface area is 679 Å². The Morgan fingerprint density at radius 1 is 0.542 bits per heavy atom. The van der Waals surface area contributed by atoms with E-state index in [1.54, 1.807) is 21.0 Å². The second kappa shape index (κ2) is 35.7. The van der Waals surface area contributed by atoms with E-state index in [0.29, 0.717) is 65.0 Å². The van der Waals surface area contributed by atoms with Crippen LogP contribution in [0.15, 0.2) is 48.2 Å². The maximum atomic E-state index is 14.3. The van der Waals surface area contributed by atoms with Gasteiger partial charge in [-0.15, -0.1) is 0 Å². The number of ether oxygens (including phenoxy) is 17. The predicted molar refractivity (Wildman–Crippen MR) is 404 cm³/mol. The number of benzene rings is 4. The van der Waals surface area contributed by atoms with Crippen LogP contribution < -0.4 is 9.47 Å². The largest absolute Gasteiger partial charge is 0.507 e. The van der Waals surface area contributed by atoms with Crippen LogP contribution >= 0.6 is 0 Å². The molecule has 0 spiro atoms. The number of morpholine rings is 2. The number of aliphatic hydroxyl groups excluding tert-OH is 1. The summed E-state index contributed by atoms with van der Waals surface area (Å²) in [4.78, 5) is 110. The lowest BCUT2D eigenvalue weighted by Gasteiger charge is -2.43. The number of aliphatic hydroxyl groups is 3. The van der Waals surface area contributed by atoms with Gasteiger partial charge >= 0.3 is 11.9 Å². The minimum atomic E-state index is -2.28. The zero-order chi connectivity index (χ0) is 84.0. The van der Waals surface area contributed by atoms with Gasteiger partial charge in [-0.1, -0.05) is 30.7 Å². The Hall–Kier alpha value is -8.50. The Morgan fingerprint density at radius 3 is 1.44 bits per heavy atom. The van der Waals surface area contributed by atoms with E-state index in [-0.39, 0.29) is 113 Å². The molecule has 6 saturated heterocycles. The molecule has 34 heteroatoms. The van der Waals surface area contributed by atoms with Gasteiger partial charge in [-0.3, -0.25) is 38.6 Å². The van der Waals surface area contributed by atoms with Crippen LogP contribution in [0, 0.1) is 0 Å². The lowest BCUT2D eigenvalue weighted by atomic mass is 9.72. The molecule has 6 heterocycles. The van der Waals surface area contributed by atoms with E-state index in [1.165, 1.54) is 64.1 Å². The maximum absolute atomic E-state index is 14.3. The van der Waals surface area contributed by atoms with Crippen LogP contribution in [-0.2, 0) is 103 Å². The fourth-order valence-corrected chi connectivity index (χ4v) is 18.7. The summed E-state index contributed by atoms with van der Waals surface area (Å²) in [5.74, 6) is -8.33. The Kier molecular flexibility index (Phi) is 26.0. The van der Waals surface area contributed by atoms with Gasteiger partial charge in [0.1, 0.15) is 77.7 Å². The zero-order valence-corrected chi connectivity index (χ0v) is 67.0. The van der Waals surface area contributed by atoms with Gasteiger partial charge in [0, 0.05) is 131 Å². The lowest BCUT2D eigenvalue weighted by Crippen LogP contribution is -2.55. The molecule has 6 aliphatic carbocycles. The monoisotopic (exact) mass is 1650 g/mol. The second-order valence-corrected chi connectivity index (χ2v) is 31.3. The normalized spacial score (nSPS) is 30.3. The van der Waals surface area contributed by atoms with Gasteiger partial charge in [-0.2, -0.15) is 0 Å². The Balaban J connectivity index is 0.000000172. The minimum absolute atomic E-state index is 0.0353. The number of fused-ring (bicyclic) bond motifs is 12. The van der Waals surface area contributed by atoms with Crippen molar-refractivity contribution < 1.29 is 155 Å². The third kappa shape index (κ3) is 16.2. The van der Waals surface area contributed by atoms with Crippen molar-refractivity contribution in [3.63, 3.8) is 0 Å². The highest BCUT2D eigenvalue weighted by Gasteiger charge is 2.59. The predicted octanol–water partition coefficient (Wildman–Crippen LogP) is 5.71. The average Bonchev–Trinajstić information content (AvgIpc) is 0.926. The van der Waals surface area contributed by atoms with E-state index in [1.807, 2.05) is 13.8 Å². The number of methoxy groups -OCH3 is 4. The number of nitrogens with zero attached hydrogens (tertiary/aromatic N) is 2. The summed E-state index contributed by atoms with van der Waals surface area (Å²) in [6.07, 6.45) is -0.236. The average molecular weight is 1650 g/mol. The van der Waals surface area contributed by atoms with Gasteiger partial charge < -0.3 is 116 Å². The van der Waals surface area contributed by atoms with Crippen LogP contribution in [0.4, 0.5) is 0 Å². The van der Waals surface area contributed by atoms with Crippen LogP contribution in [0.2, 0.25) is 0 Å². The number of Topliss-reactive ketones (excluding diaryl/α,β-unsaturated/α-hetero) is 2. The number of hydrogen-bond donors (Lipinski definition) is 7. The van der Waals surface area contributed by atoms with Crippen LogP contribution in [0.3, 0.4) is 0 Å². The van der Waals surface area contributed by atoms with Gasteiger partial charge in [0.2, 0.25) is 11.6 Å². The number of phenolic OH excluding ortho intramolecular Hbond substituents is 4. The molecular formula is C84H102N2O32. The van der Waals surface area contributed by atoms with Crippen molar-refractivity contribution in [1.29, 1.82) is 0 Å². The van der Waals surface area contributed by atoms with Crippen molar-refractivity contribution in [1.82, 2.24) is 9.80 Å². The molecule has 4 aromatic rings. The molecule has 640 valence electrons. The first kappa shape index (κ1) is 85.9. The van der Waals surface area contributed by atoms with Crippen molar-refractivity contribution >= 4 is 46.6 Å². The molecule has 4 aromatic carbocycles. The molecule has 0 amide bonds. The smallest absolute Gasteiger partial charge is 0.344 e. The van der Waals surface area contributed by atoms with Crippen LogP contribution in [-0.4, -0.2) is 278 Å². The second-order valence-electron chi connectivity index (χ2n) is 31.3. The van der Waals surface area contributed by atoms with Crippen molar-refractivity contribution in [3.05, 3.63) is 115 Å². The standard InChI is InChI=1S/C42H51NO16.C32H35NO13.C10H16O3/c1-5-53-28(45)20-56-42(12-7-6-8-13-42)55-19-27(44)41(50)17-23-31(37(49)33-32(35(23)47)34(46)22-10-9-11-25(51-3)30(22)36(33)48)26(18-41)58-29-16-24-38(21(2)57-29)59-39-40(52-4)54-15-14-43(24)39;1-13-29-16(33-7-8-43-31(42-3)30(33)46-29)9-20(44-13)45-18-11-32(40,19(35)12-34)10-15-22(18)28(39)24-23(26(15)37)25(36)14-5-4-6-17(41-2)21(14)27(24)38;1-2-12-10(11)8-13-9-6-4-3-5-7-9/h9-11,21,24,26,29,38-40,47,49-50H,5-8,12-20H2,1-4H3;4-6,13,16,18,20,29-31,34,37,39-40H,7-12H2,1-3H3;6H,2-5,7-8H2,1H3/t21-,24-,26-,29-,38+,39+,40-,41-;13-,16-,18-,20-,29+,30+,31-,32-;/m00./s1. The molecule has 7 fully saturated rings. The van der Waals surface area contributed by atoms with Gasteiger partial charge in [0.25, 0.3) is 0 Å². The van der Waals surface area contributed by atoms with E-state index in [0.717, 1.165) is 31.4 Å². The molecule has 12 aliphatic rings. The zero-order valence-electron chi connectivity index (χ0n) is 67.0. The SMILES string of the molecule is CCOC(=O)COC1(OCC(=O)[C@]2(O)Cc3c(O)c4c(c(O)c3[C@@H](O[C@H]3C[C@H]5[C@H](O[C@@H]6[C@@H](OC)OCCN65)[C@H](C)O3)C2)C(=O)c2c(OC)cccc2C4=O)CCCCC1.CCOC(=O)COC1=CCCCC1.COc1cccc2c1C(=O)c1c(O)c3c(c(O)c1C2=O)C[C@@](O)(C(=O)CO)C[C@@H]3O[C@H]1C[C@H]2[C@H](O[C@@H]3[C@@H](OC)OCCN32)[C@H](C)O1. The number of ketones is 6. The highest BCUT2D eigenvalue weighted by molar-refractivity contribution is 6.32. The van der Waals surface area contributed by atoms with Crippen molar-refractivity contribution in [2.45, 2.75) is 227 Å². The minimum Gasteiger partial charge on any atom is -0.507 e. The van der Waals surface area contributed by atoms with E-state index >= 15 is 0 Å². The van der Waals surface area contributed by atoms with Crippen LogP contribution in [0.5, 0.6) is 34.5 Å². The molecule has 6 aliphatic heterocycles. The number of carbonyl (C=O) groups is 8. The quantitative estimate of drug-likeness (QED) is 0.0243. The van der Waals surface area contributed by atoms with Crippen LogP contribution in [0.25, 0.3) is 0 Å². The number of esters is 2. The topological polar surface area (TPSA) is 442 Å². The number of carbonyl (C=O) groups excluding carboxylic acids is 8. The molecule has 34 nitrogen and oxygen atoms in total. The van der Waals surface area contributed by atoms with Gasteiger partial charge in [-0.05, 0) is 78.0 Å². The Bertz CT molecular complexity index is 4560. The lowest BCUT2D eigenvalue weighted by molar-refractivity contribution is -0.258. The van der Waals surface area contributed by atoms with Crippen molar-refractivity contribution in [3.8, 4) is 34.5 Å². The molecule has 0 aromatic heterocycles. The molecule has 1 saturated carbocycles. The van der Waals surface area contributed by atoms with E-state index in [9.17, 15) is 74.1 Å². The molecule has 0 radical (unpaired) electrons. The highest BCUT2D eigenvalue weighted by Crippen LogP contribution is 2.56. The first-order chi connectivity index (χ1) is 56.7. The van der Waals surface area contributed by atoms with Crippen LogP contribution in [0.1, 0.15) is 209 Å². The van der Waals surface area contributed by atoms with Crippen molar-refractivity contribution in [2.75, 3.05) is 94.4 Å². The summed E-state index contributed by atoms with van der Waals surface area (Å²) >= 11 is 0. The summed E-state index contributed by atoms with van der Waals surface area (Å²) in [7, 11) is 5.77. The number of aromatic hydroxyl groups is 4. The summed E-state index contributed by atoms with van der Waals surface area (Å²) in [6.45, 7) is 7.69. The fourth-order valence-electron chi connectivity index (χ4n) is 18.7. The van der Waals surface area contributed by atoms with Gasteiger partial charge in [0.05, 0.1) is 104 Å². The fraction of sp³-hybridized carbons (Fsp3) is 0.595. The number of phenols is 4. The third-order valence-corrected chi connectivity index (χ3v) is 24.3. The summed E-state index contributed by atoms with van der Waals surface area (Å²) < 4.78 is 98.5. The molecule has 16 rings (SSSR count). The molecule has 0 unspecified atom stereocenters. The van der Waals surface area contributed by atoms with E-state index in [4.69, 9.17) is 80.5 Å². The first-order valence-corrected chi connectivity index (χ1v) is 40.2. The summed E-state index contributed by atoms with van der Waals surface area (Å²) in [6, 6.07) is 8.51. The van der Waals surface area contributed by atoms with Crippen molar-refractivity contribution in [2.24, 2.45) is 0 Å². The molecule has 0 bridgehead atoms. The number of allylic oxidation sites excluding steroid dienone is 2. The summed E-state index contributed by atoms with van der Waals surface area (Å²) in [5.41, 5.74) is -6.95. The van der Waals surface area contributed by atoms with E-state index < -0.39 is 204 Å². The highest BCUT2D eigenvalue weighted by atomic mass is 16.7. The molecule has 7 N–H and O–H groups in total. The molecule has 118 heavy (non-hydrogen) atoms. The Morgan fingerprint density at radius 2 is 1.00 bits per heavy atom. The molecule has 16 atom stereocenters.